The van der Waals surface area contributed by atoms with Crippen LogP contribution in [-0.2, 0) is 19.4 Å². The molecular weight excluding hydrogens is 384 g/mol. The number of carbonyl (C=O) groups is 1. The number of benzene rings is 1. The number of ether oxygens (including phenoxy) is 1. The molecule has 0 atom stereocenters. The van der Waals surface area contributed by atoms with Gasteiger partial charge in [-0.1, -0.05) is 0 Å². The van der Waals surface area contributed by atoms with Crippen LogP contribution in [0.25, 0.3) is 0 Å². The van der Waals surface area contributed by atoms with E-state index in [2.05, 4.69) is 5.32 Å². The van der Waals surface area contributed by atoms with Crippen molar-refractivity contribution in [3.05, 3.63) is 75.6 Å². The van der Waals surface area contributed by atoms with Crippen LogP contribution in [0.2, 0.25) is 0 Å². The standard InChI is InChI=1S/C23H24N2O5/c1-2-29-16-11-9-15(10-12-16)24-22(27)20-21(26)18-7-3-4-8-19(18)25(23(20)28)14-17-6-5-13-30-17/h5-6,9-13,26H,2-4,7-8,14H2,1H3,(H,24,27). The van der Waals surface area contributed by atoms with Gasteiger partial charge in [0, 0.05) is 16.9 Å². The van der Waals surface area contributed by atoms with E-state index in [-0.39, 0.29) is 17.9 Å². The molecule has 1 amide bonds. The first kappa shape index (κ1) is 19.8. The summed E-state index contributed by atoms with van der Waals surface area (Å²) in [6.45, 7) is 2.66. The lowest BCUT2D eigenvalue weighted by atomic mass is 9.93. The first-order valence-corrected chi connectivity index (χ1v) is 10.1. The van der Waals surface area contributed by atoms with E-state index in [1.165, 1.54) is 0 Å². The van der Waals surface area contributed by atoms with E-state index in [1.807, 2.05) is 6.92 Å². The topological polar surface area (TPSA) is 93.7 Å². The number of hydrogen-bond donors (Lipinski definition) is 2. The molecule has 0 aliphatic heterocycles. The first-order chi connectivity index (χ1) is 14.6. The van der Waals surface area contributed by atoms with Crippen molar-refractivity contribution < 1.29 is 19.1 Å². The van der Waals surface area contributed by atoms with Crippen LogP contribution in [-0.4, -0.2) is 22.2 Å². The van der Waals surface area contributed by atoms with Gasteiger partial charge < -0.3 is 24.1 Å². The van der Waals surface area contributed by atoms with Gasteiger partial charge in [-0.25, -0.2) is 0 Å². The third kappa shape index (κ3) is 3.83. The van der Waals surface area contributed by atoms with Crippen LogP contribution < -0.4 is 15.6 Å². The maximum Gasteiger partial charge on any atom is 0.267 e. The van der Waals surface area contributed by atoms with Crippen molar-refractivity contribution in [2.24, 2.45) is 0 Å². The van der Waals surface area contributed by atoms with Gasteiger partial charge in [-0.15, -0.1) is 0 Å². The van der Waals surface area contributed by atoms with Crippen LogP contribution in [0.4, 0.5) is 5.69 Å². The number of rotatable bonds is 6. The Morgan fingerprint density at radius 2 is 1.97 bits per heavy atom. The van der Waals surface area contributed by atoms with Gasteiger partial charge in [0.2, 0.25) is 0 Å². The number of nitrogens with one attached hydrogen (secondary N) is 1. The minimum absolute atomic E-state index is 0.214. The summed E-state index contributed by atoms with van der Waals surface area (Å²) in [4.78, 5) is 26.2. The Labute approximate surface area is 173 Å². The highest BCUT2D eigenvalue weighted by Crippen LogP contribution is 2.31. The molecule has 0 radical (unpaired) electrons. The van der Waals surface area contributed by atoms with E-state index in [0.29, 0.717) is 42.2 Å². The van der Waals surface area contributed by atoms with Crippen molar-refractivity contribution in [2.45, 2.75) is 39.2 Å². The van der Waals surface area contributed by atoms with Gasteiger partial charge >= 0.3 is 0 Å². The largest absolute Gasteiger partial charge is 0.507 e. The molecule has 7 heteroatoms. The minimum Gasteiger partial charge on any atom is -0.507 e. The Balaban J connectivity index is 1.71. The van der Waals surface area contributed by atoms with Crippen molar-refractivity contribution in [3.8, 4) is 11.5 Å². The van der Waals surface area contributed by atoms with Gasteiger partial charge in [0.1, 0.15) is 22.8 Å². The number of aromatic hydroxyl groups is 1. The predicted molar refractivity (Wildman–Crippen MR) is 112 cm³/mol. The summed E-state index contributed by atoms with van der Waals surface area (Å²) >= 11 is 0. The smallest absolute Gasteiger partial charge is 0.267 e. The average molecular weight is 408 g/mol. The first-order valence-electron chi connectivity index (χ1n) is 10.1. The number of furan rings is 1. The van der Waals surface area contributed by atoms with Crippen molar-refractivity contribution in [1.82, 2.24) is 4.57 Å². The Bertz CT molecular complexity index is 1100. The summed E-state index contributed by atoms with van der Waals surface area (Å²) in [7, 11) is 0. The van der Waals surface area contributed by atoms with E-state index in [9.17, 15) is 14.7 Å². The van der Waals surface area contributed by atoms with Crippen molar-refractivity contribution in [2.75, 3.05) is 11.9 Å². The van der Waals surface area contributed by atoms with Crippen LogP contribution >= 0.6 is 0 Å². The SMILES string of the molecule is CCOc1ccc(NC(=O)c2c(O)c3c(n(Cc4ccco4)c2=O)CCCC3)cc1. The number of pyridine rings is 1. The molecule has 2 heterocycles. The number of aromatic nitrogens is 1. The Kier molecular flexibility index (Phi) is 5.61. The van der Waals surface area contributed by atoms with Crippen LogP contribution in [0.15, 0.2) is 51.9 Å². The summed E-state index contributed by atoms with van der Waals surface area (Å²) in [5.41, 5.74) is 1.20. The van der Waals surface area contributed by atoms with Gasteiger partial charge in [0.15, 0.2) is 0 Å². The molecule has 1 aromatic carbocycles. The van der Waals surface area contributed by atoms with Crippen LogP contribution in [0.1, 0.15) is 47.1 Å². The number of amides is 1. The molecule has 2 aromatic heterocycles. The molecule has 1 aliphatic rings. The fourth-order valence-corrected chi connectivity index (χ4v) is 3.88. The van der Waals surface area contributed by atoms with E-state index in [0.717, 1.165) is 18.5 Å². The van der Waals surface area contributed by atoms with E-state index in [4.69, 9.17) is 9.15 Å². The number of anilines is 1. The third-order valence-corrected chi connectivity index (χ3v) is 5.29. The van der Waals surface area contributed by atoms with Crippen molar-refractivity contribution >= 4 is 11.6 Å². The Morgan fingerprint density at radius 3 is 2.67 bits per heavy atom. The molecule has 30 heavy (non-hydrogen) atoms. The van der Waals surface area contributed by atoms with Crippen LogP contribution in [0, 0.1) is 0 Å². The predicted octanol–water partition coefficient (Wildman–Crippen LogP) is 3.73. The number of nitrogens with zero attached hydrogens (tertiary/aromatic N) is 1. The van der Waals surface area contributed by atoms with Crippen molar-refractivity contribution in [3.63, 3.8) is 0 Å². The lowest BCUT2D eigenvalue weighted by Crippen LogP contribution is -2.34. The third-order valence-electron chi connectivity index (χ3n) is 5.29. The van der Waals surface area contributed by atoms with Crippen LogP contribution in [0.3, 0.4) is 0 Å². The van der Waals surface area contributed by atoms with Gasteiger partial charge in [-0.2, -0.15) is 0 Å². The molecule has 3 aromatic rings. The Morgan fingerprint density at radius 1 is 1.20 bits per heavy atom. The quantitative estimate of drug-likeness (QED) is 0.648. The fourth-order valence-electron chi connectivity index (χ4n) is 3.88. The van der Waals surface area contributed by atoms with E-state index >= 15 is 0 Å². The van der Waals surface area contributed by atoms with E-state index in [1.54, 1.807) is 47.2 Å². The number of carbonyl (C=O) groups excluding carboxylic acids is 1. The second-order valence-corrected chi connectivity index (χ2v) is 7.24. The highest BCUT2D eigenvalue weighted by atomic mass is 16.5. The molecule has 0 fully saturated rings. The monoisotopic (exact) mass is 408 g/mol. The molecule has 0 unspecified atom stereocenters. The summed E-state index contributed by atoms with van der Waals surface area (Å²) in [5.74, 6) is 0.457. The molecule has 0 saturated carbocycles. The maximum atomic E-state index is 13.2. The summed E-state index contributed by atoms with van der Waals surface area (Å²) in [5, 5.41) is 13.5. The van der Waals surface area contributed by atoms with E-state index < -0.39 is 11.5 Å². The lowest BCUT2D eigenvalue weighted by Gasteiger charge is -2.23. The molecule has 4 rings (SSSR count). The molecule has 156 valence electrons. The minimum atomic E-state index is -0.636. The zero-order chi connectivity index (χ0) is 21.1. The molecule has 1 aliphatic carbocycles. The molecule has 0 spiro atoms. The normalized spacial score (nSPS) is 13.0. The fraction of sp³-hybridized carbons (Fsp3) is 0.304. The zero-order valence-electron chi connectivity index (χ0n) is 16.8. The number of hydrogen-bond acceptors (Lipinski definition) is 5. The summed E-state index contributed by atoms with van der Waals surface area (Å²) < 4.78 is 12.4. The highest BCUT2D eigenvalue weighted by Gasteiger charge is 2.27. The highest BCUT2D eigenvalue weighted by molar-refractivity contribution is 6.06. The van der Waals surface area contributed by atoms with Gasteiger partial charge in [0.25, 0.3) is 11.5 Å². The van der Waals surface area contributed by atoms with Gasteiger partial charge in [-0.05, 0) is 69.0 Å². The number of fused-ring (bicyclic) bond motifs is 1. The van der Waals surface area contributed by atoms with Crippen LogP contribution in [0.5, 0.6) is 11.5 Å². The average Bonchev–Trinajstić information content (AvgIpc) is 3.26. The van der Waals surface area contributed by atoms with Crippen molar-refractivity contribution in [1.29, 1.82) is 0 Å². The second-order valence-electron chi connectivity index (χ2n) is 7.24. The molecule has 2 N–H and O–H groups in total. The molecule has 7 nitrogen and oxygen atoms in total. The van der Waals surface area contributed by atoms with Gasteiger partial charge in [0.05, 0.1) is 19.4 Å². The summed E-state index contributed by atoms with van der Waals surface area (Å²) in [6.07, 6.45) is 4.69. The molecule has 0 saturated heterocycles. The second kappa shape index (κ2) is 8.49. The molecule has 0 bridgehead atoms. The summed E-state index contributed by atoms with van der Waals surface area (Å²) in [6, 6.07) is 10.4. The maximum absolute atomic E-state index is 13.2. The lowest BCUT2D eigenvalue weighted by molar-refractivity contribution is 0.102. The van der Waals surface area contributed by atoms with Gasteiger partial charge in [-0.3, -0.25) is 9.59 Å². The Hall–Kier alpha value is -3.48. The molecular formula is C23H24N2O5. The zero-order valence-corrected chi connectivity index (χ0v) is 16.8.